The van der Waals surface area contributed by atoms with E-state index in [0.717, 1.165) is 11.3 Å². The zero-order valence-electron chi connectivity index (χ0n) is 18.1. The summed E-state index contributed by atoms with van der Waals surface area (Å²) in [6.07, 6.45) is 2.05. The first kappa shape index (κ1) is 20.0. The molecule has 0 fully saturated rings. The zero-order chi connectivity index (χ0) is 21.8. The van der Waals surface area contributed by atoms with E-state index in [1.54, 1.807) is 0 Å². The van der Waals surface area contributed by atoms with Crippen molar-refractivity contribution in [1.29, 1.82) is 0 Å². The number of allylic oxidation sites excluding steroid dienone is 3. The molecule has 1 unspecified atom stereocenters. The number of aliphatic imine (C=N–C) groups is 1. The molecule has 0 amide bonds. The van der Waals surface area contributed by atoms with Crippen molar-refractivity contribution in [2.45, 2.75) is 12.8 Å². The Morgan fingerprint density at radius 1 is 0.531 bits per heavy atom. The first-order valence-electron chi connectivity index (χ1n) is 11.0. The Balaban J connectivity index is 1.89. The van der Waals surface area contributed by atoms with E-state index < -0.39 is 0 Å². The highest BCUT2D eigenvalue weighted by Gasteiger charge is 2.29. The van der Waals surface area contributed by atoms with Crippen molar-refractivity contribution in [3.63, 3.8) is 0 Å². The van der Waals surface area contributed by atoms with Gasteiger partial charge in [0.2, 0.25) is 0 Å². The predicted octanol–water partition coefficient (Wildman–Crippen LogP) is 7.90. The molecule has 4 aromatic rings. The van der Waals surface area contributed by atoms with Crippen LogP contribution in [0.2, 0.25) is 0 Å². The second kappa shape index (κ2) is 9.03. The molecule has 0 saturated carbocycles. The molecule has 0 saturated heterocycles. The largest absolute Gasteiger partial charge is 0.264 e. The maximum atomic E-state index is 5.00. The van der Waals surface area contributed by atoms with Crippen LogP contribution in [0.3, 0.4) is 0 Å². The van der Waals surface area contributed by atoms with Crippen molar-refractivity contribution in [3.05, 3.63) is 150 Å². The highest BCUT2D eigenvalue weighted by Crippen LogP contribution is 2.46. The summed E-state index contributed by atoms with van der Waals surface area (Å²) in [5.41, 5.74) is 9.61. The molecule has 0 bridgehead atoms. The third kappa shape index (κ3) is 3.86. The Bertz CT molecular complexity index is 1280. The number of nitrogens with zero attached hydrogens (tertiary/aromatic N) is 1. The van der Waals surface area contributed by atoms with E-state index in [1.807, 2.05) is 0 Å². The van der Waals surface area contributed by atoms with Gasteiger partial charge in [-0.2, -0.15) is 0 Å². The summed E-state index contributed by atoms with van der Waals surface area (Å²) < 4.78 is 0. The Morgan fingerprint density at radius 3 is 1.56 bits per heavy atom. The van der Waals surface area contributed by atoms with E-state index in [4.69, 9.17) is 4.99 Å². The van der Waals surface area contributed by atoms with Crippen LogP contribution in [-0.2, 0) is 0 Å². The molecule has 1 nitrogen and oxygen atoms in total. The average molecular weight is 412 g/mol. The summed E-state index contributed by atoms with van der Waals surface area (Å²) in [6.45, 7) is 2.15. The lowest BCUT2D eigenvalue weighted by Gasteiger charge is -2.25. The minimum atomic E-state index is 0.0614. The molecule has 4 aromatic carbocycles. The average Bonchev–Trinajstić information content (AvgIpc) is 3.02. The van der Waals surface area contributed by atoms with Crippen molar-refractivity contribution < 1.29 is 0 Å². The van der Waals surface area contributed by atoms with Gasteiger partial charge < -0.3 is 0 Å². The van der Waals surface area contributed by atoms with Crippen LogP contribution in [0.25, 0.3) is 16.7 Å². The number of rotatable bonds is 4. The fraction of sp³-hybridized carbons (Fsp3) is 0.0645. The summed E-state index contributed by atoms with van der Waals surface area (Å²) in [6, 6.07) is 42.8. The summed E-state index contributed by atoms with van der Waals surface area (Å²) >= 11 is 0. The van der Waals surface area contributed by atoms with Crippen LogP contribution in [0, 0.1) is 0 Å². The van der Waals surface area contributed by atoms with Crippen molar-refractivity contribution in [1.82, 2.24) is 0 Å². The molecular formula is C31H25N. The molecule has 1 atom stereocenters. The first-order valence-corrected chi connectivity index (χ1v) is 11.0. The molecule has 0 radical (unpaired) electrons. The van der Waals surface area contributed by atoms with Crippen LogP contribution in [0.5, 0.6) is 0 Å². The Hall–Kier alpha value is -3.97. The van der Waals surface area contributed by atoms with Crippen molar-refractivity contribution in [2.75, 3.05) is 0 Å². The van der Waals surface area contributed by atoms with Gasteiger partial charge in [-0.25, -0.2) is 0 Å². The van der Waals surface area contributed by atoms with Crippen LogP contribution in [0.15, 0.2) is 133 Å². The van der Waals surface area contributed by atoms with E-state index in [9.17, 15) is 0 Å². The molecule has 1 aliphatic heterocycles. The topological polar surface area (TPSA) is 12.4 Å². The van der Waals surface area contributed by atoms with Crippen molar-refractivity contribution in [2.24, 2.45) is 4.99 Å². The normalized spacial score (nSPS) is 16.2. The maximum absolute atomic E-state index is 5.00. The minimum Gasteiger partial charge on any atom is -0.264 e. The number of hydrogen-bond acceptors (Lipinski definition) is 1. The van der Waals surface area contributed by atoms with E-state index in [2.05, 4.69) is 134 Å². The van der Waals surface area contributed by atoms with Crippen LogP contribution in [0.4, 0.5) is 0 Å². The van der Waals surface area contributed by atoms with Crippen molar-refractivity contribution >= 4 is 22.4 Å². The summed E-state index contributed by atoms with van der Waals surface area (Å²) in [4.78, 5) is 5.00. The molecule has 1 heterocycles. The third-order valence-corrected chi connectivity index (χ3v) is 6.01. The van der Waals surface area contributed by atoms with Gasteiger partial charge in [-0.3, -0.25) is 4.99 Å². The molecule has 0 aliphatic carbocycles. The zero-order valence-corrected chi connectivity index (χ0v) is 18.1. The van der Waals surface area contributed by atoms with Gasteiger partial charge in [0.1, 0.15) is 0 Å². The predicted molar refractivity (Wildman–Crippen MR) is 136 cm³/mol. The lowest BCUT2D eigenvalue weighted by Crippen LogP contribution is -2.12. The molecule has 1 heteroatoms. The minimum absolute atomic E-state index is 0.0614. The van der Waals surface area contributed by atoms with Gasteiger partial charge in [0, 0.05) is 23.4 Å². The highest BCUT2D eigenvalue weighted by atomic mass is 14.7. The second-order valence-electron chi connectivity index (χ2n) is 8.04. The standard InChI is InChI=1S/C31H25N/c1-23-29(25-16-8-3-9-17-25)31(27-20-12-5-13-21-27)30(26-18-10-4-11-19-26)28(22-32-23)24-14-6-2-7-15-24/h2-22,29H,1H3. The highest BCUT2D eigenvalue weighted by molar-refractivity contribution is 6.21. The molecule has 0 N–H and O–H groups in total. The van der Waals surface area contributed by atoms with Gasteiger partial charge in [0.05, 0.1) is 0 Å². The monoisotopic (exact) mass is 411 g/mol. The lowest BCUT2D eigenvalue weighted by molar-refractivity contribution is 1.15. The SMILES string of the molecule is CC1=NC=C(c2ccccc2)C(c2ccccc2)=C(c2ccccc2)C1c1ccccc1. The quantitative estimate of drug-likeness (QED) is 0.324. The number of benzene rings is 4. The van der Waals surface area contributed by atoms with Gasteiger partial charge in [-0.15, -0.1) is 0 Å². The third-order valence-electron chi connectivity index (χ3n) is 6.01. The molecule has 1 aliphatic rings. The van der Waals surface area contributed by atoms with E-state index in [0.29, 0.717) is 0 Å². The van der Waals surface area contributed by atoms with Crippen LogP contribution >= 0.6 is 0 Å². The van der Waals surface area contributed by atoms with Gasteiger partial charge in [0.15, 0.2) is 0 Å². The van der Waals surface area contributed by atoms with Crippen LogP contribution < -0.4 is 0 Å². The Morgan fingerprint density at radius 2 is 1.00 bits per heavy atom. The molecular weight excluding hydrogens is 386 g/mol. The van der Waals surface area contributed by atoms with Gasteiger partial charge in [-0.05, 0) is 40.3 Å². The maximum Gasteiger partial charge on any atom is 0.0483 e. The van der Waals surface area contributed by atoms with Gasteiger partial charge >= 0.3 is 0 Å². The summed E-state index contributed by atoms with van der Waals surface area (Å²) in [5, 5.41) is 0. The molecule has 32 heavy (non-hydrogen) atoms. The summed E-state index contributed by atoms with van der Waals surface area (Å²) in [5.74, 6) is 0.0614. The van der Waals surface area contributed by atoms with Crippen LogP contribution in [-0.4, -0.2) is 5.71 Å². The second-order valence-corrected chi connectivity index (χ2v) is 8.04. The fourth-order valence-corrected chi connectivity index (χ4v) is 4.54. The van der Waals surface area contributed by atoms with Gasteiger partial charge in [0.25, 0.3) is 0 Å². The fourth-order valence-electron chi connectivity index (χ4n) is 4.54. The van der Waals surface area contributed by atoms with Crippen molar-refractivity contribution in [3.8, 4) is 0 Å². The Kier molecular flexibility index (Phi) is 5.63. The van der Waals surface area contributed by atoms with E-state index in [1.165, 1.54) is 33.4 Å². The molecule has 5 rings (SSSR count). The number of hydrogen-bond donors (Lipinski definition) is 0. The van der Waals surface area contributed by atoms with Crippen LogP contribution in [0.1, 0.15) is 35.1 Å². The Labute approximate surface area is 190 Å². The molecule has 0 aromatic heterocycles. The van der Waals surface area contributed by atoms with Gasteiger partial charge in [-0.1, -0.05) is 121 Å². The van der Waals surface area contributed by atoms with E-state index in [-0.39, 0.29) is 5.92 Å². The molecule has 154 valence electrons. The molecule has 0 spiro atoms. The lowest BCUT2D eigenvalue weighted by atomic mass is 9.77. The summed E-state index contributed by atoms with van der Waals surface area (Å²) in [7, 11) is 0. The first-order chi connectivity index (χ1) is 15.8. The van der Waals surface area contributed by atoms with E-state index >= 15 is 0 Å². The smallest absolute Gasteiger partial charge is 0.0483 e.